The Bertz CT molecular complexity index is 767. The molecular formula is C24H35NO4. The van der Waals surface area contributed by atoms with Gasteiger partial charge < -0.3 is 19.1 Å². The number of carbonyl (C=O) groups excluding carboxylic acids is 1. The van der Waals surface area contributed by atoms with Crippen LogP contribution in [-0.4, -0.2) is 42.1 Å². The molecule has 0 aromatic heterocycles. The van der Waals surface area contributed by atoms with Crippen LogP contribution in [0.2, 0.25) is 0 Å². The van der Waals surface area contributed by atoms with E-state index in [1.54, 1.807) is 0 Å². The van der Waals surface area contributed by atoms with Crippen LogP contribution in [0, 0.1) is 19.3 Å². The standard InChI is InChI=1S/C24H35NO4/c1-17-6-7-18(2)20(14-17)19(3)25-13-12-23(29-21(25)26)8-10-24(11-9-23)27-15-22(4,5)16-28-24/h6-7,14,19H,8-13,15-16H2,1-5H3. The van der Waals surface area contributed by atoms with E-state index in [-0.39, 0.29) is 23.2 Å². The molecule has 2 spiro atoms. The van der Waals surface area contributed by atoms with Crippen molar-refractivity contribution < 1.29 is 19.0 Å². The van der Waals surface area contributed by atoms with Crippen molar-refractivity contribution in [3.05, 3.63) is 34.9 Å². The van der Waals surface area contributed by atoms with Crippen molar-refractivity contribution in [1.29, 1.82) is 0 Å². The van der Waals surface area contributed by atoms with E-state index in [1.165, 1.54) is 16.7 Å². The third-order valence-electron chi connectivity index (χ3n) is 7.07. The smallest absolute Gasteiger partial charge is 0.410 e. The highest BCUT2D eigenvalue weighted by Gasteiger charge is 2.51. The molecular weight excluding hydrogens is 366 g/mol. The minimum absolute atomic E-state index is 0.0157. The van der Waals surface area contributed by atoms with Gasteiger partial charge in [0.2, 0.25) is 0 Å². The van der Waals surface area contributed by atoms with Crippen LogP contribution in [0.4, 0.5) is 4.79 Å². The van der Waals surface area contributed by atoms with Gasteiger partial charge in [0.15, 0.2) is 5.79 Å². The molecule has 2 aliphatic heterocycles. The first kappa shape index (κ1) is 20.7. The van der Waals surface area contributed by atoms with E-state index in [9.17, 15) is 4.79 Å². The second kappa shape index (κ2) is 7.28. The van der Waals surface area contributed by atoms with Crippen molar-refractivity contribution in [2.45, 2.75) is 84.2 Å². The Kier molecular flexibility index (Phi) is 5.19. The van der Waals surface area contributed by atoms with Gasteiger partial charge in [-0.2, -0.15) is 0 Å². The molecule has 0 radical (unpaired) electrons. The summed E-state index contributed by atoms with van der Waals surface area (Å²) in [7, 11) is 0. The maximum absolute atomic E-state index is 13.0. The molecule has 3 aliphatic rings. The zero-order valence-corrected chi connectivity index (χ0v) is 18.5. The van der Waals surface area contributed by atoms with Crippen molar-refractivity contribution in [2.24, 2.45) is 5.41 Å². The van der Waals surface area contributed by atoms with E-state index < -0.39 is 5.79 Å². The third-order valence-corrected chi connectivity index (χ3v) is 7.07. The maximum atomic E-state index is 13.0. The molecule has 160 valence electrons. The van der Waals surface area contributed by atoms with E-state index in [0.717, 1.165) is 51.9 Å². The minimum atomic E-state index is -0.476. The van der Waals surface area contributed by atoms with Gasteiger partial charge in [0.1, 0.15) is 5.60 Å². The molecule has 1 saturated carbocycles. The molecule has 5 nitrogen and oxygen atoms in total. The molecule has 2 saturated heterocycles. The summed E-state index contributed by atoms with van der Waals surface area (Å²) in [4.78, 5) is 14.9. The van der Waals surface area contributed by atoms with E-state index in [1.807, 2.05) is 4.90 Å². The Morgan fingerprint density at radius 1 is 1.00 bits per heavy atom. The van der Waals surface area contributed by atoms with E-state index in [2.05, 4.69) is 52.8 Å². The third kappa shape index (κ3) is 4.04. The van der Waals surface area contributed by atoms with Crippen LogP contribution in [0.25, 0.3) is 0 Å². The van der Waals surface area contributed by atoms with E-state index >= 15 is 0 Å². The van der Waals surface area contributed by atoms with Gasteiger partial charge in [-0.1, -0.05) is 37.6 Å². The zero-order valence-electron chi connectivity index (χ0n) is 18.5. The summed E-state index contributed by atoms with van der Waals surface area (Å²) in [5.74, 6) is -0.476. The molecule has 29 heavy (non-hydrogen) atoms. The number of hydrogen-bond donors (Lipinski definition) is 0. The van der Waals surface area contributed by atoms with Gasteiger partial charge in [-0.05, 0) is 44.7 Å². The Labute approximate surface area is 174 Å². The topological polar surface area (TPSA) is 48.0 Å². The van der Waals surface area contributed by atoms with E-state index in [4.69, 9.17) is 14.2 Å². The number of hydrogen-bond acceptors (Lipinski definition) is 4. The normalized spacial score (nSPS) is 26.4. The van der Waals surface area contributed by atoms with Gasteiger partial charge in [-0.3, -0.25) is 0 Å². The highest BCUT2D eigenvalue weighted by Crippen LogP contribution is 2.47. The maximum Gasteiger partial charge on any atom is 0.410 e. The lowest BCUT2D eigenvalue weighted by atomic mass is 9.77. The lowest BCUT2D eigenvalue weighted by Crippen LogP contribution is -2.56. The first-order valence-corrected chi connectivity index (χ1v) is 11.0. The number of ether oxygens (including phenoxy) is 3. The van der Waals surface area contributed by atoms with Gasteiger partial charge in [0, 0.05) is 31.2 Å². The second-order valence-corrected chi connectivity index (χ2v) is 10.2. The molecule has 5 heteroatoms. The molecule has 2 heterocycles. The molecule has 0 bridgehead atoms. The van der Waals surface area contributed by atoms with Crippen molar-refractivity contribution in [2.75, 3.05) is 19.8 Å². The Morgan fingerprint density at radius 2 is 1.66 bits per heavy atom. The van der Waals surface area contributed by atoms with Crippen molar-refractivity contribution in [3.63, 3.8) is 0 Å². The van der Waals surface area contributed by atoms with Crippen LogP contribution in [-0.2, 0) is 14.2 Å². The number of aryl methyl sites for hydroxylation is 2. The SMILES string of the molecule is Cc1ccc(C)c(C(C)N2CCC3(CCC4(CC3)OCC(C)(C)CO4)OC2=O)c1. The summed E-state index contributed by atoms with van der Waals surface area (Å²) in [5, 5.41) is 0. The number of amides is 1. The fourth-order valence-corrected chi connectivity index (χ4v) is 4.90. The quantitative estimate of drug-likeness (QED) is 0.676. The number of rotatable bonds is 2. The molecule has 3 fully saturated rings. The fourth-order valence-electron chi connectivity index (χ4n) is 4.90. The van der Waals surface area contributed by atoms with Gasteiger partial charge in [-0.15, -0.1) is 0 Å². The fraction of sp³-hybridized carbons (Fsp3) is 0.708. The number of benzene rings is 1. The molecule has 1 unspecified atom stereocenters. The zero-order chi connectivity index (χ0) is 20.9. The average Bonchev–Trinajstić information content (AvgIpc) is 2.68. The molecule has 0 N–H and O–H groups in total. The minimum Gasteiger partial charge on any atom is -0.443 e. The molecule has 4 rings (SSSR count). The lowest BCUT2D eigenvalue weighted by molar-refractivity contribution is -0.320. The molecule has 1 aromatic rings. The predicted molar refractivity (Wildman–Crippen MR) is 112 cm³/mol. The molecule has 1 atom stereocenters. The Morgan fingerprint density at radius 3 is 2.28 bits per heavy atom. The van der Waals surface area contributed by atoms with Crippen LogP contribution in [0.3, 0.4) is 0 Å². The number of nitrogens with zero attached hydrogens (tertiary/aromatic N) is 1. The van der Waals surface area contributed by atoms with Crippen molar-refractivity contribution in [3.8, 4) is 0 Å². The van der Waals surface area contributed by atoms with Crippen LogP contribution in [0.1, 0.15) is 75.6 Å². The van der Waals surface area contributed by atoms with E-state index in [0.29, 0.717) is 0 Å². The number of carbonyl (C=O) groups is 1. The van der Waals surface area contributed by atoms with Crippen LogP contribution < -0.4 is 0 Å². The van der Waals surface area contributed by atoms with Gasteiger partial charge in [0.25, 0.3) is 0 Å². The first-order chi connectivity index (χ1) is 13.6. The van der Waals surface area contributed by atoms with Gasteiger partial charge in [-0.25, -0.2) is 4.79 Å². The molecule has 1 amide bonds. The highest BCUT2D eigenvalue weighted by atomic mass is 16.7. The Hall–Kier alpha value is -1.59. The summed E-state index contributed by atoms with van der Waals surface area (Å²) in [5.41, 5.74) is 3.34. The summed E-state index contributed by atoms with van der Waals surface area (Å²) >= 11 is 0. The lowest BCUT2D eigenvalue weighted by Gasteiger charge is -2.51. The summed E-state index contributed by atoms with van der Waals surface area (Å²) in [6.45, 7) is 12.8. The van der Waals surface area contributed by atoms with Gasteiger partial charge in [0.05, 0.1) is 19.3 Å². The average molecular weight is 402 g/mol. The summed E-state index contributed by atoms with van der Waals surface area (Å²) in [6.07, 6.45) is 3.89. The van der Waals surface area contributed by atoms with Crippen LogP contribution in [0.15, 0.2) is 18.2 Å². The molecule has 1 aromatic carbocycles. The van der Waals surface area contributed by atoms with Crippen LogP contribution in [0.5, 0.6) is 0 Å². The molecule has 1 aliphatic carbocycles. The van der Waals surface area contributed by atoms with Crippen molar-refractivity contribution in [1.82, 2.24) is 4.90 Å². The highest BCUT2D eigenvalue weighted by molar-refractivity contribution is 5.70. The Balaban J connectivity index is 1.40. The summed E-state index contributed by atoms with van der Waals surface area (Å²) < 4.78 is 18.4. The predicted octanol–water partition coefficient (Wildman–Crippen LogP) is 5.29. The second-order valence-electron chi connectivity index (χ2n) is 10.2. The first-order valence-electron chi connectivity index (χ1n) is 11.0. The summed E-state index contributed by atoms with van der Waals surface area (Å²) in [6, 6.07) is 6.44. The van der Waals surface area contributed by atoms with Gasteiger partial charge >= 0.3 is 6.09 Å². The van der Waals surface area contributed by atoms with Crippen LogP contribution >= 0.6 is 0 Å². The monoisotopic (exact) mass is 401 g/mol. The van der Waals surface area contributed by atoms with Crippen molar-refractivity contribution >= 4 is 6.09 Å². The largest absolute Gasteiger partial charge is 0.443 e.